The third kappa shape index (κ3) is 3.17. The van der Waals surface area contributed by atoms with E-state index in [1.54, 1.807) is 6.07 Å². The van der Waals surface area contributed by atoms with Crippen molar-refractivity contribution in [3.05, 3.63) is 34.2 Å². The van der Waals surface area contributed by atoms with Crippen LogP contribution in [0.25, 0.3) is 0 Å². The maximum atomic E-state index is 12.3. The van der Waals surface area contributed by atoms with Gasteiger partial charge in [-0.25, -0.2) is 0 Å². The molecule has 0 bridgehead atoms. The van der Waals surface area contributed by atoms with Gasteiger partial charge in [-0.3, -0.25) is 24.1 Å². The average molecular weight is 335 g/mol. The summed E-state index contributed by atoms with van der Waals surface area (Å²) in [6.07, 6.45) is 4.64. The Hall–Kier alpha value is -2.09. The molecule has 2 aliphatic rings. The van der Waals surface area contributed by atoms with Gasteiger partial charge >= 0.3 is 0 Å². The van der Waals surface area contributed by atoms with E-state index in [4.69, 9.17) is 0 Å². The summed E-state index contributed by atoms with van der Waals surface area (Å²) in [6.45, 7) is 0. The molecule has 0 spiro atoms. The van der Waals surface area contributed by atoms with Crippen LogP contribution in [0.2, 0.25) is 0 Å². The number of nitrogens with one attached hydrogen (secondary N) is 2. The molecule has 0 aromatic carbocycles. The van der Waals surface area contributed by atoms with E-state index in [1.165, 1.54) is 17.2 Å². The zero-order chi connectivity index (χ0) is 16.4. The lowest BCUT2D eigenvalue weighted by Crippen LogP contribution is -2.55. The van der Waals surface area contributed by atoms with Gasteiger partial charge in [0.15, 0.2) is 0 Å². The zero-order valence-corrected chi connectivity index (χ0v) is 13.2. The molecule has 1 saturated carbocycles. The van der Waals surface area contributed by atoms with E-state index in [0.717, 1.165) is 24.6 Å². The fourth-order valence-corrected chi connectivity index (χ4v) is 3.88. The number of carbonyl (C=O) groups excluding carboxylic acids is 3. The van der Waals surface area contributed by atoms with Crippen LogP contribution in [0.15, 0.2) is 23.1 Å². The molecule has 23 heavy (non-hydrogen) atoms. The number of pyridine rings is 1. The minimum Gasteiger partial charge on any atom is -0.347 e. The fraction of sp³-hybridized carbons (Fsp3) is 0.467. The molecule has 1 aliphatic heterocycles. The molecule has 2 heterocycles. The van der Waals surface area contributed by atoms with Crippen molar-refractivity contribution in [2.75, 3.05) is 5.75 Å². The molecule has 2 atom stereocenters. The zero-order valence-electron chi connectivity index (χ0n) is 12.4. The number of aromatic amines is 1. The number of aromatic nitrogens is 1. The van der Waals surface area contributed by atoms with Crippen molar-refractivity contribution < 1.29 is 14.4 Å². The number of nitrogens with zero attached hydrogens (tertiary/aromatic N) is 1. The number of imide groups is 1. The van der Waals surface area contributed by atoms with Crippen LogP contribution in [0.1, 0.15) is 36.0 Å². The highest BCUT2D eigenvalue weighted by molar-refractivity contribution is 8.14. The molecule has 2 N–H and O–H groups in total. The average Bonchev–Trinajstić information content (AvgIpc) is 2.87. The van der Waals surface area contributed by atoms with Gasteiger partial charge in [0.25, 0.3) is 16.7 Å². The number of hydrogen-bond acceptors (Lipinski definition) is 5. The Bertz CT molecular complexity index is 686. The summed E-state index contributed by atoms with van der Waals surface area (Å²) in [5, 5.41) is 2.58. The van der Waals surface area contributed by atoms with Crippen molar-refractivity contribution in [2.24, 2.45) is 0 Å². The van der Waals surface area contributed by atoms with Gasteiger partial charge in [0.05, 0.1) is 17.8 Å². The Morgan fingerprint density at radius 2 is 2.04 bits per heavy atom. The summed E-state index contributed by atoms with van der Waals surface area (Å²) in [5.74, 6) is -0.520. The van der Waals surface area contributed by atoms with Crippen LogP contribution in [0.3, 0.4) is 0 Å². The van der Waals surface area contributed by atoms with Gasteiger partial charge < -0.3 is 10.3 Å². The Labute approximate surface area is 136 Å². The van der Waals surface area contributed by atoms with E-state index < -0.39 is 11.5 Å². The number of amides is 3. The molecule has 0 unspecified atom stereocenters. The standard InChI is InChI=1S/C15H17N3O4S/c19-12-8-23-15(22)18(12)11-6-2-1-5-10(11)17-14(21)9-4-3-7-16-13(9)20/h3-4,7,10-11H,1-2,5-6,8H2,(H,16,20)(H,17,21)/t10-,11+/m0/s1. The van der Waals surface area contributed by atoms with Crippen molar-refractivity contribution in [2.45, 2.75) is 37.8 Å². The van der Waals surface area contributed by atoms with Gasteiger partial charge in [-0.15, -0.1) is 0 Å². The second-order valence-corrected chi connectivity index (χ2v) is 6.59. The summed E-state index contributed by atoms with van der Waals surface area (Å²) >= 11 is 0.997. The smallest absolute Gasteiger partial charge is 0.289 e. The van der Waals surface area contributed by atoms with Gasteiger partial charge in [0, 0.05) is 6.20 Å². The number of H-pyrrole nitrogens is 1. The van der Waals surface area contributed by atoms with E-state index in [-0.39, 0.29) is 34.5 Å². The Morgan fingerprint density at radius 1 is 1.26 bits per heavy atom. The Balaban J connectivity index is 1.78. The van der Waals surface area contributed by atoms with Crippen molar-refractivity contribution in [1.29, 1.82) is 0 Å². The first kappa shape index (κ1) is 15.8. The van der Waals surface area contributed by atoms with Gasteiger partial charge in [-0.1, -0.05) is 24.6 Å². The van der Waals surface area contributed by atoms with Crippen molar-refractivity contribution >= 4 is 28.8 Å². The van der Waals surface area contributed by atoms with Crippen LogP contribution < -0.4 is 10.9 Å². The molecule has 1 saturated heterocycles. The monoisotopic (exact) mass is 335 g/mol. The van der Waals surface area contributed by atoms with Gasteiger partial charge in [-0.2, -0.15) is 0 Å². The van der Waals surface area contributed by atoms with Crippen LogP contribution in [-0.4, -0.2) is 44.8 Å². The minimum atomic E-state index is -0.476. The van der Waals surface area contributed by atoms with Crippen LogP contribution in [0.5, 0.6) is 0 Å². The van der Waals surface area contributed by atoms with Crippen LogP contribution in [-0.2, 0) is 4.79 Å². The lowest BCUT2D eigenvalue weighted by molar-refractivity contribution is -0.127. The summed E-state index contributed by atoms with van der Waals surface area (Å²) in [6, 6.07) is 2.39. The lowest BCUT2D eigenvalue weighted by Gasteiger charge is -2.36. The summed E-state index contributed by atoms with van der Waals surface area (Å²) in [7, 11) is 0. The highest BCUT2D eigenvalue weighted by Gasteiger charge is 2.41. The molecular formula is C15H17N3O4S. The quantitative estimate of drug-likeness (QED) is 0.862. The molecule has 3 amide bonds. The predicted molar refractivity (Wildman–Crippen MR) is 85.3 cm³/mol. The summed E-state index contributed by atoms with van der Waals surface area (Å²) in [5.41, 5.74) is -0.425. The molecule has 2 fully saturated rings. The normalized spacial score (nSPS) is 24.8. The predicted octanol–water partition coefficient (Wildman–Crippen LogP) is 1.11. The molecule has 3 rings (SSSR count). The lowest BCUT2D eigenvalue weighted by atomic mass is 9.89. The minimum absolute atomic E-state index is 0.0327. The number of carbonyl (C=O) groups is 3. The molecule has 8 heteroatoms. The van der Waals surface area contributed by atoms with E-state index in [0.29, 0.717) is 12.8 Å². The van der Waals surface area contributed by atoms with Crippen LogP contribution >= 0.6 is 11.8 Å². The Morgan fingerprint density at radius 3 is 2.74 bits per heavy atom. The molecule has 7 nitrogen and oxygen atoms in total. The number of rotatable bonds is 3. The molecule has 1 aromatic rings. The van der Waals surface area contributed by atoms with Crippen molar-refractivity contribution in [3.63, 3.8) is 0 Å². The molecule has 1 aliphatic carbocycles. The van der Waals surface area contributed by atoms with Gasteiger partial charge in [-0.05, 0) is 25.0 Å². The SMILES string of the molecule is O=C(N[C@H]1CCCC[C@H]1N1C(=O)CSC1=O)c1ccc[nH]c1=O. The van der Waals surface area contributed by atoms with Gasteiger partial charge in [0.1, 0.15) is 5.56 Å². The number of hydrogen-bond donors (Lipinski definition) is 2. The van der Waals surface area contributed by atoms with Crippen LogP contribution in [0.4, 0.5) is 4.79 Å². The third-order valence-electron chi connectivity index (χ3n) is 4.22. The molecule has 1 aromatic heterocycles. The van der Waals surface area contributed by atoms with Crippen LogP contribution in [0, 0.1) is 0 Å². The molecular weight excluding hydrogens is 318 g/mol. The van der Waals surface area contributed by atoms with Crippen molar-refractivity contribution in [3.8, 4) is 0 Å². The first-order valence-corrected chi connectivity index (χ1v) is 8.54. The molecule has 122 valence electrons. The van der Waals surface area contributed by atoms with E-state index in [2.05, 4.69) is 10.3 Å². The van der Waals surface area contributed by atoms with Gasteiger partial charge in [0.2, 0.25) is 5.91 Å². The summed E-state index contributed by atoms with van der Waals surface area (Å²) < 4.78 is 0. The topological polar surface area (TPSA) is 99.3 Å². The van der Waals surface area contributed by atoms with Crippen molar-refractivity contribution in [1.82, 2.24) is 15.2 Å². The fourth-order valence-electron chi connectivity index (χ4n) is 3.12. The second kappa shape index (κ2) is 6.57. The first-order valence-electron chi connectivity index (χ1n) is 7.55. The summed E-state index contributed by atoms with van der Waals surface area (Å²) in [4.78, 5) is 51.7. The second-order valence-electron chi connectivity index (χ2n) is 5.66. The number of thioether (sulfide) groups is 1. The Kier molecular flexibility index (Phi) is 4.51. The van der Waals surface area contributed by atoms with E-state index >= 15 is 0 Å². The largest absolute Gasteiger partial charge is 0.347 e. The van der Waals surface area contributed by atoms with E-state index in [9.17, 15) is 19.2 Å². The highest BCUT2D eigenvalue weighted by atomic mass is 32.2. The van der Waals surface area contributed by atoms with E-state index in [1.807, 2.05) is 0 Å². The third-order valence-corrected chi connectivity index (χ3v) is 5.06. The first-order chi connectivity index (χ1) is 11.1. The maximum absolute atomic E-state index is 12.3. The maximum Gasteiger partial charge on any atom is 0.289 e. The highest BCUT2D eigenvalue weighted by Crippen LogP contribution is 2.30. The molecule has 0 radical (unpaired) electrons.